The Morgan fingerprint density at radius 2 is 1.33 bits per heavy atom. The number of nitrogens with zero attached hydrogens (tertiary/aromatic N) is 6. The lowest BCUT2D eigenvalue weighted by molar-refractivity contribution is 0.315. The van der Waals surface area contributed by atoms with Gasteiger partial charge in [-0.1, -0.05) is 12.1 Å². The molecule has 0 atom stereocenters. The smallest absolute Gasteiger partial charge is 0.159 e. The Balaban J connectivity index is 1.76. The van der Waals surface area contributed by atoms with Crippen molar-refractivity contribution < 1.29 is 4.63 Å². The molecule has 4 heterocycles. The van der Waals surface area contributed by atoms with Crippen LogP contribution in [-0.4, -0.2) is 39.4 Å². The van der Waals surface area contributed by atoms with E-state index in [2.05, 4.69) is 20.3 Å². The fraction of sp³-hybridized carbons (Fsp3) is 0.0870. The zero-order valence-corrected chi connectivity index (χ0v) is 16.5. The second kappa shape index (κ2) is 7.36. The summed E-state index contributed by atoms with van der Waals surface area (Å²) in [6.07, 6.45) is 3.52. The molecule has 0 unspecified atom stereocenters. The third-order valence-electron chi connectivity index (χ3n) is 4.87. The van der Waals surface area contributed by atoms with E-state index in [1.54, 1.807) is 12.4 Å². The molecule has 7 nitrogen and oxygen atoms in total. The van der Waals surface area contributed by atoms with Gasteiger partial charge in [-0.2, -0.15) is 0 Å². The van der Waals surface area contributed by atoms with Gasteiger partial charge in [-0.3, -0.25) is 9.97 Å². The Bertz CT molecular complexity index is 1260. The van der Waals surface area contributed by atoms with Crippen LogP contribution in [0.1, 0.15) is 0 Å². The molecule has 0 spiro atoms. The molecule has 0 aliphatic heterocycles. The van der Waals surface area contributed by atoms with Crippen LogP contribution in [0.15, 0.2) is 77.7 Å². The van der Waals surface area contributed by atoms with Gasteiger partial charge < -0.3 is 4.90 Å². The van der Waals surface area contributed by atoms with E-state index in [0.717, 1.165) is 39.6 Å². The van der Waals surface area contributed by atoms with Gasteiger partial charge in [0.15, 0.2) is 5.52 Å². The number of hydrogen-bond acceptors (Lipinski definition) is 7. The van der Waals surface area contributed by atoms with Crippen molar-refractivity contribution >= 4 is 16.7 Å². The third kappa shape index (κ3) is 3.16. The summed E-state index contributed by atoms with van der Waals surface area (Å²) in [5.41, 5.74) is 7.31. The number of pyridine rings is 3. The van der Waals surface area contributed by atoms with Crippen LogP contribution in [-0.2, 0) is 0 Å². The van der Waals surface area contributed by atoms with Crippen LogP contribution >= 0.6 is 0 Å². The number of anilines is 1. The van der Waals surface area contributed by atoms with Crippen molar-refractivity contribution in [1.29, 1.82) is 0 Å². The van der Waals surface area contributed by atoms with Crippen molar-refractivity contribution in [3.63, 3.8) is 0 Å². The summed E-state index contributed by atoms with van der Waals surface area (Å²) in [5, 5.41) is 8.30. The molecular formula is C23H18N6O. The fourth-order valence-electron chi connectivity index (χ4n) is 3.42. The average molecular weight is 394 g/mol. The summed E-state index contributed by atoms with van der Waals surface area (Å²) in [6.45, 7) is 0. The first kappa shape index (κ1) is 17.9. The highest BCUT2D eigenvalue weighted by Gasteiger charge is 2.17. The van der Waals surface area contributed by atoms with Crippen LogP contribution in [0.5, 0.6) is 0 Å². The summed E-state index contributed by atoms with van der Waals surface area (Å²) in [5.74, 6) is 0. The molecule has 0 fully saturated rings. The molecule has 5 aromatic rings. The van der Waals surface area contributed by atoms with Gasteiger partial charge in [0.1, 0.15) is 5.52 Å². The summed E-state index contributed by atoms with van der Waals surface area (Å²) in [7, 11) is 3.93. The minimum Gasteiger partial charge on any atom is -0.376 e. The highest BCUT2D eigenvalue weighted by molar-refractivity contribution is 5.99. The third-order valence-corrected chi connectivity index (χ3v) is 4.87. The molecule has 0 aliphatic rings. The maximum Gasteiger partial charge on any atom is 0.159 e. The standard InChI is InChI=1S/C23H18N6O/c1-29(2)21-10-9-16(22-23(21)28-30-27-22)15-13-19(17-7-3-5-11-24-17)26-20(14-15)18-8-4-6-12-25-18/h3-14H,1-2H3. The molecule has 0 saturated heterocycles. The van der Waals surface area contributed by atoms with Gasteiger partial charge in [0.2, 0.25) is 0 Å². The molecule has 0 amide bonds. The molecule has 0 bridgehead atoms. The Kier molecular flexibility index (Phi) is 4.40. The van der Waals surface area contributed by atoms with E-state index in [4.69, 9.17) is 9.61 Å². The van der Waals surface area contributed by atoms with E-state index < -0.39 is 0 Å². The topological polar surface area (TPSA) is 80.8 Å². The highest BCUT2D eigenvalue weighted by atomic mass is 16.6. The van der Waals surface area contributed by atoms with E-state index in [-0.39, 0.29) is 0 Å². The lowest BCUT2D eigenvalue weighted by Gasteiger charge is -2.14. The SMILES string of the molecule is CN(C)c1ccc(-c2cc(-c3ccccn3)nc(-c3ccccn3)c2)c2nonc12. The van der Waals surface area contributed by atoms with E-state index in [0.29, 0.717) is 11.0 Å². The molecular weight excluding hydrogens is 376 g/mol. The van der Waals surface area contributed by atoms with Gasteiger partial charge in [0.05, 0.1) is 28.5 Å². The number of hydrogen-bond donors (Lipinski definition) is 0. The zero-order chi connectivity index (χ0) is 20.5. The maximum absolute atomic E-state index is 5.08. The Labute approximate surface area is 173 Å². The molecule has 7 heteroatoms. The van der Waals surface area contributed by atoms with Crippen LogP contribution in [0, 0.1) is 0 Å². The van der Waals surface area contributed by atoms with Crippen LogP contribution in [0.3, 0.4) is 0 Å². The minimum atomic E-state index is 0.700. The molecule has 0 aliphatic carbocycles. The Morgan fingerprint density at radius 3 is 1.90 bits per heavy atom. The van der Waals surface area contributed by atoms with Crippen LogP contribution in [0.2, 0.25) is 0 Å². The number of rotatable bonds is 4. The van der Waals surface area contributed by atoms with Crippen LogP contribution < -0.4 is 4.90 Å². The van der Waals surface area contributed by atoms with E-state index in [1.165, 1.54) is 0 Å². The van der Waals surface area contributed by atoms with Crippen molar-refractivity contribution in [1.82, 2.24) is 25.3 Å². The Morgan fingerprint density at radius 1 is 0.700 bits per heavy atom. The minimum absolute atomic E-state index is 0.700. The molecule has 4 aromatic heterocycles. The zero-order valence-electron chi connectivity index (χ0n) is 16.5. The van der Waals surface area contributed by atoms with Gasteiger partial charge in [-0.05, 0) is 64.4 Å². The van der Waals surface area contributed by atoms with E-state index in [1.807, 2.05) is 79.7 Å². The fourth-order valence-corrected chi connectivity index (χ4v) is 3.42. The van der Waals surface area contributed by atoms with Crippen LogP contribution in [0.4, 0.5) is 5.69 Å². The number of fused-ring (bicyclic) bond motifs is 1. The van der Waals surface area contributed by atoms with Crippen molar-refractivity contribution in [3.8, 4) is 33.9 Å². The number of aromatic nitrogens is 5. The van der Waals surface area contributed by atoms with Gasteiger partial charge in [-0.25, -0.2) is 9.61 Å². The largest absolute Gasteiger partial charge is 0.376 e. The second-order valence-corrected chi connectivity index (χ2v) is 7.04. The quantitative estimate of drug-likeness (QED) is 0.445. The lowest BCUT2D eigenvalue weighted by Crippen LogP contribution is -2.09. The predicted octanol–water partition coefficient (Wildman–Crippen LogP) is 4.47. The molecule has 5 rings (SSSR count). The first-order valence-corrected chi connectivity index (χ1v) is 9.48. The summed E-state index contributed by atoms with van der Waals surface area (Å²) >= 11 is 0. The molecule has 0 radical (unpaired) electrons. The van der Waals surface area contributed by atoms with Gasteiger partial charge in [0.25, 0.3) is 0 Å². The molecule has 0 N–H and O–H groups in total. The first-order valence-electron chi connectivity index (χ1n) is 9.48. The molecule has 1 aromatic carbocycles. The average Bonchev–Trinajstić information content (AvgIpc) is 3.29. The normalized spacial score (nSPS) is 11.0. The van der Waals surface area contributed by atoms with Gasteiger partial charge >= 0.3 is 0 Å². The lowest BCUT2D eigenvalue weighted by atomic mass is 10.0. The first-order chi connectivity index (χ1) is 14.7. The van der Waals surface area contributed by atoms with Gasteiger partial charge in [0, 0.05) is 32.1 Å². The predicted molar refractivity (Wildman–Crippen MR) is 116 cm³/mol. The number of benzene rings is 1. The summed E-state index contributed by atoms with van der Waals surface area (Å²) in [4.78, 5) is 15.8. The molecule has 30 heavy (non-hydrogen) atoms. The molecule has 0 saturated carbocycles. The molecule has 146 valence electrons. The second-order valence-electron chi connectivity index (χ2n) is 7.04. The van der Waals surface area contributed by atoms with Crippen molar-refractivity contribution in [2.45, 2.75) is 0 Å². The van der Waals surface area contributed by atoms with E-state index >= 15 is 0 Å². The van der Waals surface area contributed by atoms with Crippen LogP contribution in [0.25, 0.3) is 44.9 Å². The van der Waals surface area contributed by atoms with Crippen molar-refractivity contribution in [2.75, 3.05) is 19.0 Å². The summed E-state index contributed by atoms with van der Waals surface area (Å²) in [6, 6.07) is 19.6. The Hall–Kier alpha value is -4.13. The van der Waals surface area contributed by atoms with E-state index in [9.17, 15) is 0 Å². The summed E-state index contributed by atoms with van der Waals surface area (Å²) < 4.78 is 5.08. The maximum atomic E-state index is 5.08. The van der Waals surface area contributed by atoms with Crippen molar-refractivity contribution in [3.05, 3.63) is 73.1 Å². The van der Waals surface area contributed by atoms with Gasteiger partial charge in [-0.15, -0.1) is 0 Å². The van der Waals surface area contributed by atoms with Crippen molar-refractivity contribution in [2.24, 2.45) is 0 Å². The highest BCUT2D eigenvalue weighted by Crippen LogP contribution is 2.35. The monoisotopic (exact) mass is 394 g/mol.